The molecule has 0 aliphatic carbocycles. The van der Waals surface area contributed by atoms with Crippen molar-refractivity contribution in [1.82, 2.24) is 10.4 Å². The van der Waals surface area contributed by atoms with Gasteiger partial charge in [0.05, 0.1) is 17.9 Å². The number of hydrogen-bond acceptors (Lipinski definition) is 5. The number of benzene rings is 2. The van der Waals surface area contributed by atoms with Crippen molar-refractivity contribution in [3.63, 3.8) is 0 Å². The van der Waals surface area contributed by atoms with Gasteiger partial charge in [-0.2, -0.15) is 0 Å². The predicted octanol–water partition coefficient (Wildman–Crippen LogP) is 5.88. The molecule has 0 amide bonds. The molecule has 0 fully saturated rings. The van der Waals surface area contributed by atoms with Crippen LogP contribution in [0.2, 0.25) is 0 Å². The Balaban J connectivity index is 0.00000187. The number of nitrogens with zero attached hydrogens (tertiary/aromatic N) is 3. The highest BCUT2D eigenvalue weighted by Gasteiger charge is 2.04. The van der Waals surface area contributed by atoms with E-state index in [-0.39, 0.29) is 0 Å². The minimum absolute atomic E-state index is 0.348. The molecule has 7 heteroatoms. The van der Waals surface area contributed by atoms with Crippen LogP contribution in [0.3, 0.4) is 0 Å². The van der Waals surface area contributed by atoms with E-state index < -0.39 is 0 Å². The third-order valence-corrected chi connectivity index (χ3v) is 4.46. The lowest BCUT2D eigenvalue weighted by atomic mass is 10.1. The first-order chi connectivity index (χ1) is 16.2. The quantitative estimate of drug-likeness (QED) is 0.218. The average molecular weight is 446 g/mol. The topological polar surface area (TPSA) is 94.1 Å². The van der Waals surface area contributed by atoms with Crippen LogP contribution in [0.25, 0.3) is 12.2 Å². The fraction of sp³-hybridized carbons (Fsp3) is 0.192. The van der Waals surface area contributed by atoms with Gasteiger partial charge in [-0.05, 0) is 41.0 Å². The normalized spacial score (nSPS) is 10.1. The van der Waals surface area contributed by atoms with Crippen molar-refractivity contribution < 1.29 is 9.47 Å². The molecule has 3 N–H and O–H groups in total. The highest BCUT2D eigenvalue weighted by molar-refractivity contribution is 5.60. The molecule has 172 valence electrons. The second-order valence-electron chi connectivity index (χ2n) is 6.60. The number of nitrogens with two attached hydrogens (primary N) is 1. The summed E-state index contributed by atoms with van der Waals surface area (Å²) in [6, 6.07) is 19.4. The standard InChI is InChI=1S/C24H25N5O2.C2H6/c1-3-20-12-13-21(27-24(20)4-2)17-31-23-7-5-6-22(14-23)30-16-19-10-8-18(9-11-19)15-26-29-28-25;1-2/h3-14H,1-2,15-17H2,(H2,25,29)(H,26,28);1-2H3. The SMILES string of the molecule is C=Cc1ccc(COc2cccc(OCc3ccc(CN/N=N\N)cc3)c2)nc1C=C.CC. The molecule has 0 saturated heterocycles. The first-order valence-corrected chi connectivity index (χ1v) is 10.7. The van der Waals surface area contributed by atoms with E-state index in [1.54, 1.807) is 12.2 Å². The van der Waals surface area contributed by atoms with Crippen LogP contribution in [-0.4, -0.2) is 4.98 Å². The van der Waals surface area contributed by atoms with Gasteiger partial charge in [-0.3, -0.25) is 5.43 Å². The van der Waals surface area contributed by atoms with Crippen LogP contribution in [0.5, 0.6) is 11.5 Å². The van der Waals surface area contributed by atoms with Gasteiger partial charge >= 0.3 is 0 Å². The van der Waals surface area contributed by atoms with Gasteiger partial charge in [0.15, 0.2) is 0 Å². The van der Waals surface area contributed by atoms with E-state index in [0.29, 0.717) is 25.5 Å². The number of pyridine rings is 1. The van der Waals surface area contributed by atoms with Crippen molar-refractivity contribution in [3.8, 4) is 11.5 Å². The summed E-state index contributed by atoms with van der Waals surface area (Å²) in [5.41, 5.74) is 7.42. The van der Waals surface area contributed by atoms with Crippen LogP contribution in [0, 0.1) is 0 Å². The maximum atomic E-state index is 5.90. The minimum Gasteiger partial charge on any atom is -0.489 e. The molecule has 1 aromatic heterocycles. The maximum Gasteiger partial charge on any atom is 0.130 e. The zero-order valence-corrected chi connectivity index (χ0v) is 19.2. The van der Waals surface area contributed by atoms with Crippen molar-refractivity contribution in [2.75, 3.05) is 0 Å². The van der Waals surface area contributed by atoms with E-state index in [9.17, 15) is 0 Å². The van der Waals surface area contributed by atoms with Gasteiger partial charge in [0.2, 0.25) is 0 Å². The highest BCUT2D eigenvalue weighted by Crippen LogP contribution is 2.22. The largest absolute Gasteiger partial charge is 0.489 e. The lowest BCUT2D eigenvalue weighted by Gasteiger charge is -2.11. The minimum atomic E-state index is 0.348. The summed E-state index contributed by atoms with van der Waals surface area (Å²) in [5.74, 6) is 6.39. The van der Waals surface area contributed by atoms with Gasteiger partial charge in [-0.15, -0.1) is 0 Å². The van der Waals surface area contributed by atoms with Gasteiger partial charge in [0, 0.05) is 6.07 Å². The van der Waals surface area contributed by atoms with Crippen molar-refractivity contribution in [2.45, 2.75) is 33.6 Å². The first kappa shape index (κ1) is 25.1. The van der Waals surface area contributed by atoms with E-state index in [1.807, 2.05) is 74.5 Å². The predicted molar refractivity (Wildman–Crippen MR) is 133 cm³/mol. The van der Waals surface area contributed by atoms with Gasteiger partial charge in [0.25, 0.3) is 0 Å². The summed E-state index contributed by atoms with van der Waals surface area (Å²) in [6.45, 7) is 12.9. The van der Waals surface area contributed by atoms with Crippen molar-refractivity contribution in [2.24, 2.45) is 16.3 Å². The summed E-state index contributed by atoms with van der Waals surface area (Å²) in [7, 11) is 0. The summed E-state index contributed by atoms with van der Waals surface area (Å²) in [6.07, 6.45) is 3.47. The van der Waals surface area contributed by atoms with Crippen LogP contribution in [-0.2, 0) is 19.8 Å². The second kappa shape index (κ2) is 14.0. The molecule has 0 bridgehead atoms. The highest BCUT2D eigenvalue weighted by atomic mass is 16.5. The molecule has 0 spiro atoms. The molecule has 0 aliphatic heterocycles. The maximum absolute atomic E-state index is 5.90. The molecule has 7 nitrogen and oxygen atoms in total. The average Bonchev–Trinajstić information content (AvgIpc) is 2.88. The van der Waals surface area contributed by atoms with Crippen LogP contribution in [0.4, 0.5) is 0 Å². The lowest BCUT2D eigenvalue weighted by Crippen LogP contribution is -2.05. The number of hydrogen-bond donors (Lipinski definition) is 2. The molecule has 0 radical (unpaired) electrons. The van der Waals surface area contributed by atoms with E-state index in [2.05, 4.69) is 34.0 Å². The number of rotatable bonds is 11. The molecule has 0 saturated carbocycles. The fourth-order valence-electron chi connectivity index (χ4n) is 2.84. The van der Waals surface area contributed by atoms with Gasteiger partial charge < -0.3 is 15.3 Å². The molecule has 33 heavy (non-hydrogen) atoms. The third-order valence-electron chi connectivity index (χ3n) is 4.46. The molecule has 1 heterocycles. The van der Waals surface area contributed by atoms with E-state index in [0.717, 1.165) is 33.8 Å². The van der Waals surface area contributed by atoms with Crippen LogP contribution in [0.15, 0.2) is 84.3 Å². The summed E-state index contributed by atoms with van der Waals surface area (Å²) in [5, 5.41) is 6.68. The zero-order valence-electron chi connectivity index (χ0n) is 19.2. The Morgan fingerprint density at radius 2 is 1.58 bits per heavy atom. The number of aromatic nitrogens is 1. The van der Waals surface area contributed by atoms with Gasteiger partial charge in [-0.25, -0.2) is 4.98 Å². The number of ether oxygens (including phenoxy) is 2. The molecule has 0 atom stereocenters. The first-order valence-electron chi connectivity index (χ1n) is 10.7. The van der Waals surface area contributed by atoms with E-state index >= 15 is 0 Å². The molecular weight excluding hydrogens is 414 g/mol. The summed E-state index contributed by atoms with van der Waals surface area (Å²) < 4.78 is 11.8. The smallest absolute Gasteiger partial charge is 0.130 e. The fourth-order valence-corrected chi connectivity index (χ4v) is 2.84. The molecule has 0 unspecified atom stereocenters. The lowest BCUT2D eigenvalue weighted by molar-refractivity contribution is 0.287. The number of nitrogens with one attached hydrogen (secondary N) is 1. The second-order valence-corrected chi connectivity index (χ2v) is 6.60. The Bertz CT molecular complexity index is 1050. The monoisotopic (exact) mass is 445 g/mol. The Morgan fingerprint density at radius 1 is 0.909 bits per heavy atom. The molecule has 0 aliphatic rings. The molecule has 3 rings (SSSR count). The van der Waals surface area contributed by atoms with Crippen LogP contribution >= 0.6 is 0 Å². The van der Waals surface area contributed by atoms with Crippen LogP contribution < -0.4 is 20.7 Å². The Morgan fingerprint density at radius 3 is 2.21 bits per heavy atom. The Labute approximate surface area is 195 Å². The molecule has 3 aromatic rings. The third kappa shape index (κ3) is 8.14. The Hall–Kier alpha value is -4.13. The van der Waals surface area contributed by atoms with Gasteiger partial charge in [0.1, 0.15) is 24.7 Å². The van der Waals surface area contributed by atoms with Crippen molar-refractivity contribution >= 4 is 12.2 Å². The van der Waals surface area contributed by atoms with E-state index in [1.165, 1.54) is 0 Å². The molecular formula is C26H31N5O2. The van der Waals surface area contributed by atoms with Crippen molar-refractivity contribution in [1.29, 1.82) is 0 Å². The summed E-state index contributed by atoms with van der Waals surface area (Å²) >= 11 is 0. The summed E-state index contributed by atoms with van der Waals surface area (Å²) in [4.78, 5) is 4.54. The van der Waals surface area contributed by atoms with Gasteiger partial charge in [-0.1, -0.05) is 79.9 Å². The van der Waals surface area contributed by atoms with E-state index in [4.69, 9.17) is 15.3 Å². The van der Waals surface area contributed by atoms with Crippen molar-refractivity contribution in [3.05, 3.63) is 102 Å². The van der Waals surface area contributed by atoms with Crippen LogP contribution in [0.1, 0.15) is 41.9 Å². The molecule has 2 aromatic carbocycles. The Kier molecular flexibility index (Phi) is 10.7. The zero-order chi connectivity index (χ0) is 23.9.